The van der Waals surface area contributed by atoms with E-state index in [9.17, 15) is 4.79 Å². The van der Waals surface area contributed by atoms with Crippen molar-refractivity contribution in [1.82, 2.24) is 9.88 Å². The van der Waals surface area contributed by atoms with Gasteiger partial charge in [0.2, 0.25) is 0 Å². The Kier molecular flexibility index (Phi) is 5.80. The lowest BCUT2D eigenvalue weighted by Crippen LogP contribution is -2.38. The molecule has 0 radical (unpaired) electrons. The summed E-state index contributed by atoms with van der Waals surface area (Å²) in [6, 6.07) is 20.6. The lowest BCUT2D eigenvalue weighted by Gasteiger charge is -2.37. The van der Waals surface area contributed by atoms with Gasteiger partial charge in [-0.3, -0.25) is 9.78 Å². The molecule has 5 heteroatoms. The summed E-state index contributed by atoms with van der Waals surface area (Å²) in [5.74, 6) is 0.900. The molecule has 0 bridgehead atoms. The molecule has 3 aromatic rings. The number of nitrogens with zero attached hydrogens (tertiary/aromatic N) is 3. The van der Waals surface area contributed by atoms with Crippen LogP contribution in [-0.4, -0.2) is 36.0 Å². The van der Waals surface area contributed by atoms with Crippen molar-refractivity contribution in [2.75, 3.05) is 25.1 Å². The molecule has 2 aliphatic heterocycles. The van der Waals surface area contributed by atoms with Crippen molar-refractivity contribution in [2.45, 2.75) is 38.1 Å². The number of benzene rings is 2. The molecule has 1 fully saturated rings. The molecule has 1 amide bonds. The molecule has 2 aliphatic rings. The lowest BCUT2D eigenvalue weighted by molar-refractivity contribution is 0.0611. The van der Waals surface area contributed by atoms with E-state index in [1.54, 1.807) is 13.3 Å². The van der Waals surface area contributed by atoms with Crippen molar-refractivity contribution in [1.29, 1.82) is 0 Å². The molecule has 5 nitrogen and oxygen atoms in total. The van der Waals surface area contributed by atoms with E-state index in [0.29, 0.717) is 5.56 Å². The van der Waals surface area contributed by atoms with Crippen LogP contribution in [-0.2, 0) is 6.42 Å². The minimum absolute atomic E-state index is 0.0689. The number of para-hydroxylation sites is 2. The van der Waals surface area contributed by atoms with Crippen LogP contribution in [0.5, 0.6) is 5.75 Å². The third kappa shape index (κ3) is 3.83. The number of likely N-dealkylation sites (tertiary alicyclic amines) is 1. The topological polar surface area (TPSA) is 45.7 Å². The zero-order valence-corrected chi connectivity index (χ0v) is 18.5. The summed E-state index contributed by atoms with van der Waals surface area (Å²) in [6.45, 7) is 1.66. The number of anilines is 2. The average molecular weight is 428 g/mol. The number of fused-ring (bicyclic) bond motifs is 1. The molecule has 2 aromatic carbocycles. The molecular formula is C27H29N3O2. The van der Waals surface area contributed by atoms with Gasteiger partial charge in [-0.05, 0) is 55.9 Å². The van der Waals surface area contributed by atoms with E-state index in [4.69, 9.17) is 9.72 Å². The van der Waals surface area contributed by atoms with Crippen LogP contribution >= 0.6 is 0 Å². The van der Waals surface area contributed by atoms with Crippen LogP contribution in [0.2, 0.25) is 0 Å². The van der Waals surface area contributed by atoms with E-state index in [0.717, 1.165) is 68.0 Å². The number of aromatic nitrogens is 1. The second kappa shape index (κ2) is 9.03. The second-order valence-electron chi connectivity index (χ2n) is 8.54. The number of piperidine rings is 1. The number of pyridine rings is 1. The molecule has 164 valence electrons. The number of hydrogen-bond donors (Lipinski definition) is 0. The Morgan fingerprint density at radius 2 is 1.78 bits per heavy atom. The highest BCUT2D eigenvalue weighted by atomic mass is 16.5. The summed E-state index contributed by atoms with van der Waals surface area (Å²) >= 11 is 0. The van der Waals surface area contributed by atoms with Gasteiger partial charge in [-0.15, -0.1) is 0 Å². The Morgan fingerprint density at radius 1 is 0.969 bits per heavy atom. The first kappa shape index (κ1) is 20.6. The Morgan fingerprint density at radius 3 is 2.62 bits per heavy atom. The molecule has 5 rings (SSSR count). The van der Waals surface area contributed by atoms with Crippen LogP contribution in [0.4, 0.5) is 11.4 Å². The average Bonchev–Trinajstić information content (AvgIpc) is 2.88. The fourth-order valence-electron chi connectivity index (χ4n) is 5.02. The van der Waals surface area contributed by atoms with Gasteiger partial charge < -0.3 is 14.5 Å². The van der Waals surface area contributed by atoms with Crippen molar-refractivity contribution in [3.05, 3.63) is 83.7 Å². The predicted molar refractivity (Wildman–Crippen MR) is 127 cm³/mol. The molecule has 0 unspecified atom stereocenters. The summed E-state index contributed by atoms with van der Waals surface area (Å²) in [5.41, 5.74) is 4.94. The summed E-state index contributed by atoms with van der Waals surface area (Å²) in [5, 5.41) is 0. The van der Waals surface area contributed by atoms with Crippen LogP contribution < -0.4 is 9.64 Å². The van der Waals surface area contributed by atoms with Crippen LogP contribution in [0.1, 0.15) is 53.3 Å². The van der Waals surface area contributed by atoms with E-state index in [1.807, 2.05) is 35.2 Å². The third-order valence-corrected chi connectivity index (χ3v) is 6.60. The van der Waals surface area contributed by atoms with Gasteiger partial charge in [0.1, 0.15) is 5.75 Å². The number of rotatable bonds is 4. The van der Waals surface area contributed by atoms with Crippen LogP contribution in [0.3, 0.4) is 0 Å². The summed E-state index contributed by atoms with van der Waals surface area (Å²) in [7, 11) is 1.70. The van der Waals surface area contributed by atoms with Gasteiger partial charge in [-0.2, -0.15) is 0 Å². The number of aryl methyl sites for hydroxylation is 1. The molecule has 0 aliphatic carbocycles. The van der Waals surface area contributed by atoms with Crippen molar-refractivity contribution in [3.63, 3.8) is 0 Å². The highest BCUT2D eigenvalue weighted by Gasteiger charge is 2.30. The monoisotopic (exact) mass is 427 g/mol. The van der Waals surface area contributed by atoms with Crippen molar-refractivity contribution in [3.8, 4) is 5.75 Å². The summed E-state index contributed by atoms with van der Waals surface area (Å²) in [6.07, 6.45) is 6.90. The van der Waals surface area contributed by atoms with Gasteiger partial charge in [0.05, 0.1) is 35.8 Å². The second-order valence-corrected chi connectivity index (χ2v) is 8.54. The number of methoxy groups -OCH3 is 1. The molecule has 1 saturated heterocycles. The Hall–Kier alpha value is -3.34. The maximum atomic E-state index is 13.7. The van der Waals surface area contributed by atoms with E-state index >= 15 is 0 Å². The Bertz CT molecular complexity index is 1100. The first-order valence-corrected chi connectivity index (χ1v) is 11.5. The quantitative estimate of drug-likeness (QED) is 0.548. The van der Waals surface area contributed by atoms with Gasteiger partial charge in [-0.25, -0.2) is 0 Å². The molecule has 0 spiro atoms. The maximum absolute atomic E-state index is 13.7. The Balaban J connectivity index is 1.49. The minimum atomic E-state index is 0.0689. The van der Waals surface area contributed by atoms with E-state index in [2.05, 4.69) is 35.2 Å². The molecular weight excluding hydrogens is 398 g/mol. The highest BCUT2D eigenvalue weighted by Crippen LogP contribution is 2.39. The number of carbonyl (C=O) groups excluding carboxylic acids is 1. The number of ether oxygens (including phenoxy) is 1. The van der Waals surface area contributed by atoms with E-state index in [1.165, 1.54) is 5.56 Å². The minimum Gasteiger partial charge on any atom is -0.495 e. The van der Waals surface area contributed by atoms with Crippen molar-refractivity contribution < 1.29 is 9.53 Å². The van der Waals surface area contributed by atoms with Gasteiger partial charge in [0, 0.05) is 19.3 Å². The van der Waals surface area contributed by atoms with Crippen LogP contribution in [0, 0.1) is 0 Å². The van der Waals surface area contributed by atoms with E-state index in [-0.39, 0.29) is 11.9 Å². The molecule has 1 aromatic heterocycles. The smallest absolute Gasteiger partial charge is 0.256 e. The van der Waals surface area contributed by atoms with Crippen LogP contribution in [0.25, 0.3) is 0 Å². The summed E-state index contributed by atoms with van der Waals surface area (Å²) in [4.78, 5) is 22.7. The van der Waals surface area contributed by atoms with Crippen LogP contribution in [0.15, 0.2) is 66.9 Å². The third-order valence-electron chi connectivity index (χ3n) is 6.60. The van der Waals surface area contributed by atoms with Crippen molar-refractivity contribution in [2.24, 2.45) is 0 Å². The van der Waals surface area contributed by atoms with Gasteiger partial charge in [0.15, 0.2) is 0 Å². The van der Waals surface area contributed by atoms with Gasteiger partial charge in [-0.1, -0.05) is 42.5 Å². The molecule has 1 atom stereocenters. The molecule has 0 saturated carbocycles. The number of hydrogen-bond acceptors (Lipinski definition) is 4. The Labute approximate surface area is 189 Å². The fourth-order valence-corrected chi connectivity index (χ4v) is 5.02. The van der Waals surface area contributed by atoms with Gasteiger partial charge in [0.25, 0.3) is 5.91 Å². The van der Waals surface area contributed by atoms with Gasteiger partial charge >= 0.3 is 0 Å². The van der Waals surface area contributed by atoms with E-state index < -0.39 is 0 Å². The number of amides is 1. The van der Waals surface area contributed by atoms with Crippen molar-refractivity contribution >= 4 is 17.3 Å². The zero-order chi connectivity index (χ0) is 21.9. The first-order chi connectivity index (χ1) is 15.8. The number of carbonyl (C=O) groups is 1. The SMILES string of the molecule is COc1ccccc1N1CCCc2ncc(C(=O)N3CCCC[C@@H]3c3ccccc3)cc21. The predicted octanol–water partition coefficient (Wildman–Crippen LogP) is 5.54. The normalized spacial score (nSPS) is 18.2. The standard InChI is InChI=1S/C27H29N3O2/c1-32-26-15-6-5-14-24(26)29-17-9-12-22-25(29)18-21(19-28-22)27(31)30-16-8-7-13-23(30)20-10-3-2-4-11-20/h2-6,10-11,14-15,18-19,23H,7-9,12-13,16-17H2,1H3/t23-/m1/s1. The largest absolute Gasteiger partial charge is 0.495 e. The fraction of sp³-hybridized carbons (Fsp3) is 0.333. The summed E-state index contributed by atoms with van der Waals surface area (Å²) < 4.78 is 5.61. The first-order valence-electron chi connectivity index (χ1n) is 11.5. The maximum Gasteiger partial charge on any atom is 0.256 e. The molecule has 32 heavy (non-hydrogen) atoms. The molecule has 3 heterocycles. The zero-order valence-electron chi connectivity index (χ0n) is 18.5. The highest BCUT2D eigenvalue weighted by molar-refractivity contribution is 5.95. The lowest BCUT2D eigenvalue weighted by atomic mass is 9.94. The molecule has 0 N–H and O–H groups in total.